The Hall–Kier alpha value is -3.29. The molecule has 2 aromatic rings. The van der Waals surface area contributed by atoms with Crippen molar-refractivity contribution in [2.75, 3.05) is 18.0 Å². The van der Waals surface area contributed by atoms with E-state index in [1.807, 2.05) is 32.0 Å². The average molecular weight is 371 g/mol. The first kappa shape index (κ1) is 21.0. The Kier molecular flexibility index (Phi) is 7.20. The topological polar surface area (TPSA) is 74.6 Å². The summed E-state index contributed by atoms with van der Waals surface area (Å²) in [6.45, 7) is 9.78. The summed E-state index contributed by atoms with van der Waals surface area (Å²) in [5, 5.41) is 29.1. The minimum Gasteiger partial charge on any atom is -0.370 e. The Balaban J connectivity index is 2.93. The minimum atomic E-state index is 0.258. The van der Waals surface area contributed by atoms with Crippen molar-refractivity contribution >= 4 is 5.69 Å². The lowest BCUT2D eigenvalue weighted by molar-refractivity contribution is 0.640. The van der Waals surface area contributed by atoms with Gasteiger partial charge in [-0.05, 0) is 61.9 Å². The van der Waals surface area contributed by atoms with Gasteiger partial charge in [-0.3, -0.25) is 0 Å². The predicted octanol–water partition coefficient (Wildman–Crippen LogP) is 5.72. The molecular weight excluding hydrogens is 344 g/mol. The molecule has 142 valence electrons. The van der Waals surface area contributed by atoms with Gasteiger partial charge in [0.1, 0.15) is 12.1 Å². The molecule has 28 heavy (non-hydrogen) atoms. The maximum atomic E-state index is 10.0. The number of benzene rings is 2. The molecule has 0 amide bonds. The highest BCUT2D eigenvalue weighted by atomic mass is 15.1. The van der Waals surface area contributed by atoms with E-state index in [0.29, 0.717) is 16.7 Å². The van der Waals surface area contributed by atoms with Gasteiger partial charge in [-0.15, -0.1) is 0 Å². The molecule has 0 fully saturated rings. The zero-order chi connectivity index (χ0) is 20.7. The third kappa shape index (κ3) is 3.85. The van der Waals surface area contributed by atoms with E-state index < -0.39 is 0 Å². The van der Waals surface area contributed by atoms with Gasteiger partial charge in [0.05, 0.1) is 28.4 Å². The Morgan fingerprint density at radius 3 is 1.82 bits per heavy atom. The second kappa shape index (κ2) is 9.59. The first-order chi connectivity index (χ1) is 13.6. The summed E-state index contributed by atoms with van der Waals surface area (Å²) in [6.07, 6.45) is 1.86. The molecule has 2 rings (SSSR count). The zero-order valence-corrected chi connectivity index (χ0v) is 17.1. The second-order valence-corrected chi connectivity index (χ2v) is 6.71. The Morgan fingerprint density at radius 2 is 1.39 bits per heavy atom. The summed E-state index contributed by atoms with van der Waals surface area (Å²) in [6, 6.07) is 16.2. The van der Waals surface area contributed by atoms with E-state index in [0.717, 1.165) is 48.3 Å². The summed E-state index contributed by atoms with van der Waals surface area (Å²) in [4.78, 5) is 2.09. The Labute approximate surface area is 168 Å². The van der Waals surface area contributed by atoms with Crippen LogP contribution in [0.5, 0.6) is 0 Å². The van der Waals surface area contributed by atoms with E-state index >= 15 is 0 Å². The van der Waals surface area contributed by atoms with Crippen LogP contribution in [-0.4, -0.2) is 13.1 Å². The molecule has 4 nitrogen and oxygen atoms in total. The second-order valence-electron chi connectivity index (χ2n) is 6.71. The first-order valence-electron chi connectivity index (χ1n) is 9.86. The highest BCUT2D eigenvalue weighted by Gasteiger charge is 2.25. The van der Waals surface area contributed by atoms with Gasteiger partial charge in [0.25, 0.3) is 0 Å². The van der Waals surface area contributed by atoms with Crippen LogP contribution in [0.25, 0.3) is 11.1 Å². The molecule has 0 radical (unpaired) electrons. The smallest absolute Gasteiger partial charge is 0.102 e. The number of anilines is 1. The molecule has 0 aliphatic heterocycles. The number of rotatable bonds is 7. The fourth-order valence-corrected chi connectivity index (χ4v) is 3.78. The molecule has 2 aromatic carbocycles. The van der Waals surface area contributed by atoms with Crippen molar-refractivity contribution in [1.29, 1.82) is 15.8 Å². The minimum absolute atomic E-state index is 0.258. The first-order valence-corrected chi connectivity index (χ1v) is 9.86. The normalized spacial score (nSPS) is 10.2. The van der Waals surface area contributed by atoms with Crippen LogP contribution in [0.2, 0.25) is 0 Å². The molecule has 0 saturated carbocycles. The van der Waals surface area contributed by atoms with Crippen LogP contribution in [-0.2, 0) is 0 Å². The van der Waals surface area contributed by atoms with E-state index in [-0.39, 0.29) is 5.92 Å². The van der Waals surface area contributed by atoms with Gasteiger partial charge in [-0.25, -0.2) is 0 Å². The SMILES string of the molecule is CCC(CC)c1cc(-c2ccc(C#N)cc2)c(C#N)c(N(CC)CC)c1C#N. The molecule has 0 aromatic heterocycles. The van der Waals surface area contributed by atoms with Crippen molar-refractivity contribution in [3.05, 3.63) is 52.6 Å². The van der Waals surface area contributed by atoms with Gasteiger partial charge in [0.15, 0.2) is 0 Å². The molecule has 0 atom stereocenters. The summed E-state index contributed by atoms with van der Waals surface area (Å²) in [7, 11) is 0. The lowest BCUT2D eigenvalue weighted by atomic mass is 9.84. The van der Waals surface area contributed by atoms with E-state index in [9.17, 15) is 10.5 Å². The molecule has 0 bridgehead atoms. The van der Waals surface area contributed by atoms with Crippen LogP contribution in [0.4, 0.5) is 5.69 Å². The highest BCUT2D eigenvalue weighted by molar-refractivity contribution is 5.84. The van der Waals surface area contributed by atoms with E-state index in [1.54, 1.807) is 12.1 Å². The lowest BCUT2D eigenvalue weighted by Crippen LogP contribution is -2.25. The third-order valence-corrected chi connectivity index (χ3v) is 5.39. The number of nitrogens with zero attached hydrogens (tertiary/aromatic N) is 4. The lowest BCUT2D eigenvalue weighted by Gasteiger charge is -2.28. The van der Waals surface area contributed by atoms with Crippen LogP contribution in [0, 0.1) is 34.0 Å². The Morgan fingerprint density at radius 1 is 0.821 bits per heavy atom. The van der Waals surface area contributed by atoms with Gasteiger partial charge in [-0.2, -0.15) is 15.8 Å². The van der Waals surface area contributed by atoms with E-state index in [4.69, 9.17) is 5.26 Å². The van der Waals surface area contributed by atoms with Crippen molar-refractivity contribution < 1.29 is 0 Å². The van der Waals surface area contributed by atoms with Gasteiger partial charge < -0.3 is 4.90 Å². The van der Waals surface area contributed by atoms with Gasteiger partial charge >= 0.3 is 0 Å². The largest absolute Gasteiger partial charge is 0.370 e. The highest BCUT2D eigenvalue weighted by Crippen LogP contribution is 2.40. The van der Waals surface area contributed by atoms with Crippen LogP contribution in [0.1, 0.15) is 68.7 Å². The Bertz CT molecular complexity index is 945. The van der Waals surface area contributed by atoms with Crippen LogP contribution in [0.15, 0.2) is 30.3 Å². The quantitative estimate of drug-likeness (QED) is 0.625. The number of hydrogen-bond acceptors (Lipinski definition) is 4. The molecule has 0 saturated heterocycles. The molecular formula is C24H26N4. The maximum absolute atomic E-state index is 10.0. The summed E-state index contributed by atoms with van der Waals surface area (Å²) < 4.78 is 0. The zero-order valence-electron chi connectivity index (χ0n) is 17.1. The maximum Gasteiger partial charge on any atom is 0.102 e. The molecule has 0 spiro atoms. The number of nitriles is 3. The molecule has 0 aliphatic carbocycles. The number of hydrogen-bond donors (Lipinski definition) is 0. The molecule has 0 N–H and O–H groups in total. The van der Waals surface area contributed by atoms with Crippen molar-refractivity contribution in [2.24, 2.45) is 0 Å². The van der Waals surface area contributed by atoms with Crippen molar-refractivity contribution in [3.63, 3.8) is 0 Å². The molecule has 0 unspecified atom stereocenters. The summed E-state index contributed by atoms with van der Waals surface area (Å²) in [5.41, 5.74) is 5.19. The summed E-state index contributed by atoms with van der Waals surface area (Å²) in [5.74, 6) is 0.258. The van der Waals surface area contributed by atoms with Crippen LogP contribution < -0.4 is 4.90 Å². The van der Waals surface area contributed by atoms with E-state index in [2.05, 4.69) is 37.0 Å². The van der Waals surface area contributed by atoms with Gasteiger partial charge in [-0.1, -0.05) is 26.0 Å². The van der Waals surface area contributed by atoms with Gasteiger partial charge in [0, 0.05) is 18.7 Å². The van der Waals surface area contributed by atoms with Crippen LogP contribution >= 0.6 is 0 Å². The van der Waals surface area contributed by atoms with Crippen molar-refractivity contribution in [2.45, 2.75) is 46.5 Å². The molecule has 4 heteroatoms. The third-order valence-electron chi connectivity index (χ3n) is 5.39. The molecule has 0 aliphatic rings. The van der Waals surface area contributed by atoms with Crippen molar-refractivity contribution in [1.82, 2.24) is 0 Å². The summed E-state index contributed by atoms with van der Waals surface area (Å²) >= 11 is 0. The fourth-order valence-electron chi connectivity index (χ4n) is 3.78. The predicted molar refractivity (Wildman–Crippen MR) is 113 cm³/mol. The van der Waals surface area contributed by atoms with E-state index in [1.165, 1.54) is 0 Å². The van der Waals surface area contributed by atoms with Crippen molar-refractivity contribution in [3.8, 4) is 29.3 Å². The standard InChI is InChI=1S/C24H26N4/c1-5-18(6-2)20-13-21(19-11-9-17(14-25)10-12-19)23(16-27)24(22(20)15-26)28(7-3)8-4/h9-13,18H,5-8H2,1-4H3. The van der Waals surface area contributed by atoms with Crippen LogP contribution in [0.3, 0.4) is 0 Å². The van der Waals surface area contributed by atoms with Gasteiger partial charge in [0.2, 0.25) is 0 Å². The average Bonchev–Trinajstić information content (AvgIpc) is 2.75. The monoisotopic (exact) mass is 370 g/mol. The fraction of sp³-hybridized carbons (Fsp3) is 0.375. The molecule has 0 heterocycles.